The lowest BCUT2D eigenvalue weighted by molar-refractivity contribution is -0.127. The van der Waals surface area contributed by atoms with Crippen molar-refractivity contribution < 1.29 is 4.79 Å². The van der Waals surface area contributed by atoms with Gasteiger partial charge in [-0.25, -0.2) is 0 Å². The minimum atomic E-state index is -0.588. The van der Waals surface area contributed by atoms with E-state index in [0.29, 0.717) is 0 Å². The summed E-state index contributed by atoms with van der Waals surface area (Å²) in [6, 6.07) is 0.772. The summed E-state index contributed by atoms with van der Waals surface area (Å²) in [7, 11) is 0. The SMILES string of the molecule is CCN(CCNC(=O)C1(N)CCCCC1)C1CC1.Cl.Cl. The molecule has 0 aliphatic heterocycles. The van der Waals surface area contributed by atoms with E-state index in [1.165, 1.54) is 19.3 Å². The Morgan fingerprint density at radius 3 is 2.35 bits per heavy atom. The predicted molar refractivity (Wildman–Crippen MR) is 87.8 cm³/mol. The van der Waals surface area contributed by atoms with Crippen LogP contribution in [0.3, 0.4) is 0 Å². The molecule has 120 valence electrons. The molecule has 0 aromatic heterocycles. The van der Waals surface area contributed by atoms with Crippen LogP contribution in [0.5, 0.6) is 0 Å². The molecule has 2 aliphatic rings. The first kappa shape index (κ1) is 20.0. The Morgan fingerprint density at radius 2 is 1.85 bits per heavy atom. The highest BCUT2D eigenvalue weighted by Crippen LogP contribution is 2.27. The van der Waals surface area contributed by atoms with Crippen LogP contribution in [0.2, 0.25) is 0 Å². The number of amides is 1. The molecule has 6 heteroatoms. The van der Waals surface area contributed by atoms with Crippen molar-refractivity contribution in [1.29, 1.82) is 0 Å². The summed E-state index contributed by atoms with van der Waals surface area (Å²) in [5, 5.41) is 3.03. The maximum atomic E-state index is 12.1. The molecule has 0 unspecified atom stereocenters. The van der Waals surface area contributed by atoms with Crippen molar-refractivity contribution >= 4 is 30.7 Å². The van der Waals surface area contributed by atoms with Gasteiger partial charge in [0.15, 0.2) is 0 Å². The second-order valence-electron chi connectivity index (χ2n) is 5.83. The standard InChI is InChI=1S/C14H27N3O.2ClH/c1-2-17(12-6-7-12)11-10-16-13(18)14(15)8-4-3-5-9-14;;/h12H,2-11,15H2,1H3,(H,16,18);2*1H. The fourth-order valence-corrected chi connectivity index (χ4v) is 2.94. The topological polar surface area (TPSA) is 58.4 Å². The summed E-state index contributed by atoms with van der Waals surface area (Å²) >= 11 is 0. The molecule has 2 aliphatic carbocycles. The number of hydrogen-bond acceptors (Lipinski definition) is 3. The summed E-state index contributed by atoms with van der Waals surface area (Å²) in [4.78, 5) is 14.6. The number of rotatable bonds is 6. The monoisotopic (exact) mass is 325 g/mol. The molecule has 0 radical (unpaired) electrons. The summed E-state index contributed by atoms with van der Waals surface area (Å²) in [6.07, 6.45) is 7.74. The molecule has 20 heavy (non-hydrogen) atoms. The van der Waals surface area contributed by atoms with Crippen LogP contribution in [0.4, 0.5) is 0 Å². The third kappa shape index (κ3) is 5.40. The van der Waals surface area contributed by atoms with Crippen molar-refractivity contribution in [2.75, 3.05) is 19.6 Å². The van der Waals surface area contributed by atoms with E-state index in [1.54, 1.807) is 0 Å². The van der Waals surface area contributed by atoms with Gasteiger partial charge in [0.1, 0.15) is 0 Å². The van der Waals surface area contributed by atoms with E-state index < -0.39 is 5.54 Å². The van der Waals surface area contributed by atoms with E-state index in [2.05, 4.69) is 17.1 Å². The Kier molecular flexibility index (Phi) is 9.07. The maximum Gasteiger partial charge on any atom is 0.240 e. The van der Waals surface area contributed by atoms with E-state index >= 15 is 0 Å². The van der Waals surface area contributed by atoms with Crippen molar-refractivity contribution in [3.8, 4) is 0 Å². The van der Waals surface area contributed by atoms with Gasteiger partial charge in [0.2, 0.25) is 5.91 Å². The highest BCUT2D eigenvalue weighted by molar-refractivity contribution is 5.86. The highest BCUT2D eigenvalue weighted by Gasteiger charge is 2.35. The van der Waals surface area contributed by atoms with Crippen LogP contribution in [-0.2, 0) is 4.79 Å². The lowest BCUT2D eigenvalue weighted by Gasteiger charge is -2.32. The number of hydrogen-bond donors (Lipinski definition) is 2. The molecule has 0 aromatic carbocycles. The molecule has 0 aromatic rings. The number of nitrogens with zero attached hydrogens (tertiary/aromatic N) is 1. The molecule has 0 heterocycles. The van der Waals surface area contributed by atoms with Crippen LogP contribution >= 0.6 is 24.8 Å². The lowest BCUT2D eigenvalue weighted by atomic mass is 9.82. The molecule has 2 saturated carbocycles. The Bertz CT molecular complexity index is 292. The van der Waals surface area contributed by atoms with Crippen molar-refractivity contribution in [2.45, 2.75) is 63.5 Å². The third-order valence-electron chi connectivity index (χ3n) is 4.35. The van der Waals surface area contributed by atoms with E-state index in [0.717, 1.165) is 51.4 Å². The fraction of sp³-hybridized carbons (Fsp3) is 0.929. The maximum absolute atomic E-state index is 12.1. The first-order chi connectivity index (χ1) is 8.65. The summed E-state index contributed by atoms with van der Waals surface area (Å²) in [5.41, 5.74) is 5.61. The van der Waals surface area contributed by atoms with E-state index in [9.17, 15) is 4.79 Å². The van der Waals surface area contributed by atoms with Crippen molar-refractivity contribution in [3.63, 3.8) is 0 Å². The summed E-state index contributed by atoms with van der Waals surface area (Å²) in [6.45, 7) is 4.96. The predicted octanol–water partition coefficient (Wildman–Crippen LogP) is 2.09. The van der Waals surface area contributed by atoms with Gasteiger partial charge >= 0.3 is 0 Å². The molecule has 0 spiro atoms. The third-order valence-corrected chi connectivity index (χ3v) is 4.35. The van der Waals surface area contributed by atoms with Crippen molar-refractivity contribution in [3.05, 3.63) is 0 Å². The highest BCUT2D eigenvalue weighted by atomic mass is 35.5. The minimum Gasteiger partial charge on any atom is -0.353 e. The summed E-state index contributed by atoms with van der Waals surface area (Å²) < 4.78 is 0. The molecule has 0 saturated heterocycles. The zero-order valence-corrected chi connectivity index (χ0v) is 14.0. The number of carbonyl (C=O) groups is 1. The van der Waals surface area contributed by atoms with Gasteiger partial charge in [-0.1, -0.05) is 26.2 Å². The van der Waals surface area contributed by atoms with Crippen LogP contribution < -0.4 is 11.1 Å². The van der Waals surface area contributed by atoms with Gasteiger partial charge in [-0.05, 0) is 32.2 Å². The van der Waals surface area contributed by atoms with Crippen LogP contribution in [-0.4, -0.2) is 42.0 Å². The van der Waals surface area contributed by atoms with Gasteiger partial charge in [-0.15, -0.1) is 24.8 Å². The zero-order valence-electron chi connectivity index (χ0n) is 12.4. The van der Waals surface area contributed by atoms with E-state index in [-0.39, 0.29) is 30.7 Å². The number of carbonyl (C=O) groups excluding carboxylic acids is 1. The van der Waals surface area contributed by atoms with Crippen LogP contribution in [0.1, 0.15) is 51.9 Å². The Hall–Kier alpha value is -0.0300. The molecule has 0 atom stereocenters. The Morgan fingerprint density at radius 1 is 1.25 bits per heavy atom. The first-order valence-corrected chi connectivity index (χ1v) is 7.47. The smallest absolute Gasteiger partial charge is 0.240 e. The van der Waals surface area contributed by atoms with E-state index in [1.807, 2.05) is 0 Å². The number of likely N-dealkylation sites (N-methyl/N-ethyl adjacent to an activating group) is 1. The van der Waals surface area contributed by atoms with Gasteiger partial charge in [0.25, 0.3) is 0 Å². The largest absolute Gasteiger partial charge is 0.353 e. The number of nitrogens with two attached hydrogens (primary N) is 1. The minimum absolute atomic E-state index is 0. The molecular formula is C14H29Cl2N3O. The fourth-order valence-electron chi connectivity index (χ4n) is 2.94. The van der Waals surface area contributed by atoms with Gasteiger partial charge in [0.05, 0.1) is 5.54 Å². The lowest BCUT2D eigenvalue weighted by Crippen LogP contribution is -2.55. The average molecular weight is 326 g/mol. The summed E-state index contributed by atoms with van der Waals surface area (Å²) in [5.74, 6) is 0.0639. The number of halogens is 2. The molecule has 1 amide bonds. The van der Waals surface area contributed by atoms with Gasteiger partial charge < -0.3 is 11.1 Å². The Balaban J connectivity index is 0.00000180. The normalized spacial score (nSPS) is 20.8. The van der Waals surface area contributed by atoms with Crippen LogP contribution in [0, 0.1) is 0 Å². The van der Waals surface area contributed by atoms with Crippen LogP contribution in [0.25, 0.3) is 0 Å². The number of nitrogens with one attached hydrogen (secondary N) is 1. The molecule has 0 bridgehead atoms. The van der Waals surface area contributed by atoms with Crippen LogP contribution in [0.15, 0.2) is 0 Å². The first-order valence-electron chi connectivity index (χ1n) is 7.47. The quantitative estimate of drug-likeness (QED) is 0.786. The average Bonchev–Trinajstić information content (AvgIpc) is 3.19. The Labute approximate surface area is 135 Å². The zero-order chi connectivity index (χ0) is 13.0. The van der Waals surface area contributed by atoms with Crippen molar-refractivity contribution in [1.82, 2.24) is 10.2 Å². The van der Waals surface area contributed by atoms with Gasteiger partial charge in [-0.3, -0.25) is 9.69 Å². The second-order valence-corrected chi connectivity index (χ2v) is 5.83. The second kappa shape index (κ2) is 9.08. The van der Waals surface area contributed by atoms with Gasteiger partial charge in [0, 0.05) is 19.1 Å². The molecule has 2 rings (SSSR count). The van der Waals surface area contributed by atoms with E-state index in [4.69, 9.17) is 5.73 Å². The molecular weight excluding hydrogens is 297 g/mol. The molecule has 2 fully saturated rings. The molecule has 4 nitrogen and oxygen atoms in total. The van der Waals surface area contributed by atoms with Gasteiger partial charge in [-0.2, -0.15) is 0 Å². The molecule has 3 N–H and O–H groups in total. The van der Waals surface area contributed by atoms with Crippen molar-refractivity contribution in [2.24, 2.45) is 5.73 Å².